The Hall–Kier alpha value is -1.96. The molecule has 2 aliphatic heterocycles. The molecule has 3 aliphatic rings. The zero-order valence-electron chi connectivity index (χ0n) is 14.4. The minimum absolute atomic E-state index is 0.0191. The van der Waals surface area contributed by atoms with Gasteiger partial charge in [-0.25, -0.2) is 8.42 Å². The van der Waals surface area contributed by atoms with Crippen molar-refractivity contribution >= 4 is 21.3 Å². The second-order valence-electron chi connectivity index (χ2n) is 7.23. The fourth-order valence-electron chi connectivity index (χ4n) is 4.32. The van der Waals surface area contributed by atoms with Crippen LogP contribution in [0.1, 0.15) is 49.1 Å². The van der Waals surface area contributed by atoms with Gasteiger partial charge in [0.25, 0.3) is 0 Å². The first kappa shape index (κ1) is 18.4. The number of fused-ring (bicyclic) bond motifs is 1. The third-order valence-corrected chi connectivity index (χ3v) is 7.49. The number of sulfone groups is 1. The van der Waals surface area contributed by atoms with Gasteiger partial charge in [0.2, 0.25) is 0 Å². The summed E-state index contributed by atoms with van der Waals surface area (Å²) >= 11 is 0. The third kappa shape index (κ3) is 3.13. The quantitative estimate of drug-likeness (QED) is 0.719. The summed E-state index contributed by atoms with van der Waals surface area (Å²) in [6, 6.07) is 4.49. The largest absolute Gasteiger partial charge is 0.416 e. The van der Waals surface area contributed by atoms with Crippen molar-refractivity contribution < 1.29 is 26.4 Å². The van der Waals surface area contributed by atoms with Gasteiger partial charge in [-0.2, -0.15) is 13.2 Å². The lowest BCUT2D eigenvalue weighted by Crippen LogP contribution is -2.40. The molecule has 0 saturated heterocycles. The van der Waals surface area contributed by atoms with E-state index in [9.17, 15) is 26.4 Å². The van der Waals surface area contributed by atoms with Gasteiger partial charge in [0.05, 0.1) is 27.8 Å². The lowest BCUT2D eigenvalue weighted by molar-refractivity contribution is -0.137. The average Bonchev–Trinajstić information content (AvgIpc) is 2.59. The van der Waals surface area contributed by atoms with Crippen LogP contribution in [0.25, 0.3) is 0 Å². The Labute approximate surface area is 155 Å². The third-order valence-electron chi connectivity index (χ3n) is 5.50. The van der Waals surface area contributed by atoms with Crippen LogP contribution in [0.3, 0.4) is 0 Å². The Morgan fingerprint density at radius 1 is 0.963 bits per heavy atom. The van der Waals surface area contributed by atoms with Crippen LogP contribution in [0, 0.1) is 5.92 Å². The molecule has 1 aromatic carbocycles. The maximum atomic E-state index is 12.9. The van der Waals surface area contributed by atoms with E-state index in [1.807, 2.05) is 0 Å². The molecule has 0 N–H and O–H groups in total. The number of allylic oxidation sites excluding steroid dienone is 2. The van der Waals surface area contributed by atoms with Gasteiger partial charge in [-0.05, 0) is 43.4 Å². The number of aliphatic imine (C=N–C) groups is 1. The molecule has 27 heavy (non-hydrogen) atoms. The predicted molar refractivity (Wildman–Crippen MR) is 94.0 cm³/mol. The van der Waals surface area contributed by atoms with Gasteiger partial charge in [0, 0.05) is 18.1 Å². The van der Waals surface area contributed by atoms with Crippen molar-refractivity contribution in [1.82, 2.24) is 0 Å². The number of benzene rings is 1. The standard InChI is InChI=1S/C19H18F3NO3S/c20-19(21,22)12-8-6-11(7-9-12)16-17-13(3-1-5-15(17)24)23-14-4-2-10-27(25,26)18(14)16/h6-9,16-17H,1-5,10H2. The fourth-order valence-corrected chi connectivity index (χ4v) is 6.23. The fraction of sp³-hybridized carbons (Fsp3) is 0.474. The van der Waals surface area contributed by atoms with E-state index >= 15 is 0 Å². The van der Waals surface area contributed by atoms with Crippen molar-refractivity contribution in [2.45, 2.75) is 44.2 Å². The highest BCUT2D eigenvalue weighted by atomic mass is 32.2. The number of hydrogen-bond acceptors (Lipinski definition) is 4. The van der Waals surface area contributed by atoms with Crippen LogP contribution in [-0.2, 0) is 20.8 Å². The number of alkyl halides is 3. The molecule has 1 fully saturated rings. The Balaban J connectivity index is 1.88. The van der Waals surface area contributed by atoms with Crippen molar-refractivity contribution in [3.63, 3.8) is 0 Å². The summed E-state index contributed by atoms with van der Waals surface area (Å²) in [6.07, 6.45) is -1.87. The van der Waals surface area contributed by atoms with E-state index in [2.05, 4.69) is 4.99 Å². The summed E-state index contributed by atoms with van der Waals surface area (Å²) in [5, 5.41) is 0. The maximum absolute atomic E-state index is 12.9. The van der Waals surface area contributed by atoms with Crippen molar-refractivity contribution in [2.24, 2.45) is 10.9 Å². The molecular weight excluding hydrogens is 379 g/mol. The number of hydrogen-bond donors (Lipinski definition) is 0. The van der Waals surface area contributed by atoms with Gasteiger partial charge in [-0.1, -0.05) is 12.1 Å². The van der Waals surface area contributed by atoms with Gasteiger partial charge in [-0.15, -0.1) is 0 Å². The molecule has 4 rings (SSSR count). The lowest BCUT2D eigenvalue weighted by Gasteiger charge is -2.38. The molecule has 1 aromatic rings. The number of Topliss-reactive ketones (excluding diaryl/α,β-unsaturated/α-hetero) is 1. The van der Waals surface area contributed by atoms with Crippen molar-refractivity contribution in [1.29, 1.82) is 0 Å². The van der Waals surface area contributed by atoms with E-state index < -0.39 is 33.4 Å². The van der Waals surface area contributed by atoms with Crippen LogP contribution in [-0.4, -0.2) is 25.7 Å². The number of ketones is 1. The zero-order chi connectivity index (χ0) is 19.4. The van der Waals surface area contributed by atoms with E-state index in [4.69, 9.17) is 0 Å². The minimum atomic E-state index is -4.47. The SMILES string of the molecule is O=C1CCCC2=NC3=C(C(c4ccc(C(F)(F)F)cc4)C12)S(=O)(=O)CCC3. The molecule has 0 aromatic heterocycles. The van der Waals surface area contributed by atoms with E-state index in [-0.39, 0.29) is 16.4 Å². The second-order valence-corrected chi connectivity index (χ2v) is 9.31. The van der Waals surface area contributed by atoms with Crippen molar-refractivity contribution in [3.8, 4) is 0 Å². The van der Waals surface area contributed by atoms with E-state index in [0.29, 0.717) is 49.1 Å². The number of nitrogens with zero attached hydrogens (tertiary/aromatic N) is 1. The average molecular weight is 397 g/mol. The number of carbonyl (C=O) groups is 1. The molecule has 0 radical (unpaired) electrons. The van der Waals surface area contributed by atoms with Crippen molar-refractivity contribution in [3.05, 3.63) is 46.0 Å². The lowest BCUT2D eigenvalue weighted by atomic mass is 9.72. The zero-order valence-corrected chi connectivity index (χ0v) is 15.2. The monoisotopic (exact) mass is 397 g/mol. The van der Waals surface area contributed by atoms with Crippen LogP contribution in [0.2, 0.25) is 0 Å². The second kappa shape index (κ2) is 6.29. The Bertz CT molecular complexity index is 959. The molecule has 8 heteroatoms. The first-order chi connectivity index (χ1) is 12.7. The molecule has 0 spiro atoms. The van der Waals surface area contributed by atoms with Gasteiger partial charge in [0.1, 0.15) is 5.78 Å². The first-order valence-corrected chi connectivity index (χ1v) is 10.6. The Kier molecular flexibility index (Phi) is 4.29. The highest BCUT2D eigenvalue weighted by molar-refractivity contribution is 7.95. The smallest absolute Gasteiger partial charge is 0.299 e. The van der Waals surface area contributed by atoms with Gasteiger partial charge < -0.3 is 0 Å². The Morgan fingerprint density at radius 3 is 2.33 bits per heavy atom. The first-order valence-electron chi connectivity index (χ1n) is 8.91. The number of rotatable bonds is 1. The highest BCUT2D eigenvalue weighted by Gasteiger charge is 2.46. The molecule has 2 heterocycles. The summed E-state index contributed by atoms with van der Waals surface area (Å²) in [4.78, 5) is 17.3. The van der Waals surface area contributed by atoms with Gasteiger partial charge in [0.15, 0.2) is 9.84 Å². The molecule has 1 aliphatic carbocycles. The summed E-state index contributed by atoms with van der Waals surface area (Å²) in [6.45, 7) is 0. The molecule has 0 amide bonds. The maximum Gasteiger partial charge on any atom is 0.416 e. The minimum Gasteiger partial charge on any atom is -0.299 e. The van der Waals surface area contributed by atoms with E-state index in [1.54, 1.807) is 0 Å². The summed E-state index contributed by atoms with van der Waals surface area (Å²) < 4.78 is 64.3. The molecule has 4 nitrogen and oxygen atoms in total. The van der Waals surface area contributed by atoms with Gasteiger partial charge >= 0.3 is 6.18 Å². The molecule has 2 atom stereocenters. The molecule has 1 saturated carbocycles. The highest BCUT2D eigenvalue weighted by Crippen LogP contribution is 2.47. The summed E-state index contributed by atoms with van der Waals surface area (Å²) in [5.74, 6) is -1.57. The summed E-state index contributed by atoms with van der Waals surface area (Å²) in [5.41, 5.74) is 0.777. The predicted octanol–water partition coefficient (Wildman–Crippen LogP) is 4.03. The number of carbonyl (C=O) groups excluding carboxylic acids is 1. The van der Waals surface area contributed by atoms with Crippen LogP contribution in [0.5, 0.6) is 0 Å². The molecule has 2 unspecified atom stereocenters. The van der Waals surface area contributed by atoms with Crippen molar-refractivity contribution in [2.75, 3.05) is 5.75 Å². The molecule has 0 bridgehead atoms. The Morgan fingerprint density at radius 2 is 1.67 bits per heavy atom. The van der Waals surface area contributed by atoms with Gasteiger partial charge in [-0.3, -0.25) is 9.79 Å². The van der Waals surface area contributed by atoms with E-state index in [1.165, 1.54) is 12.1 Å². The van der Waals surface area contributed by atoms with Crippen LogP contribution in [0.15, 0.2) is 39.9 Å². The topological polar surface area (TPSA) is 63.6 Å². The number of halogens is 3. The van der Waals surface area contributed by atoms with Crippen LogP contribution in [0.4, 0.5) is 13.2 Å². The molecular formula is C19H18F3NO3S. The normalized spacial score (nSPS) is 27.7. The van der Waals surface area contributed by atoms with Crippen LogP contribution >= 0.6 is 0 Å². The van der Waals surface area contributed by atoms with Crippen LogP contribution < -0.4 is 0 Å². The summed E-state index contributed by atoms with van der Waals surface area (Å²) in [7, 11) is -3.60. The van der Waals surface area contributed by atoms with E-state index in [0.717, 1.165) is 12.1 Å². The molecule has 144 valence electrons.